The summed E-state index contributed by atoms with van der Waals surface area (Å²) in [6.45, 7) is 10.3. The van der Waals surface area contributed by atoms with Crippen LogP contribution in [0.2, 0.25) is 0 Å². The number of nitrogens with zero attached hydrogens (tertiary/aromatic N) is 4. The van der Waals surface area contributed by atoms with Crippen molar-refractivity contribution < 1.29 is 9.18 Å². The summed E-state index contributed by atoms with van der Waals surface area (Å²) in [6, 6.07) is 21.0. The molecule has 1 N–H and O–H groups in total. The lowest BCUT2D eigenvalue weighted by atomic mass is 9.96. The minimum atomic E-state index is -0.238. The van der Waals surface area contributed by atoms with Crippen LogP contribution in [0.25, 0.3) is 11.0 Å². The highest BCUT2D eigenvalue weighted by atomic mass is 19.1. The summed E-state index contributed by atoms with van der Waals surface area (Å²) in [5.41, 5.74) is 5.97. The van der Waals surface area contributed by atoms with Gasteiger partial charge in [0.1, 0.15) is 5.82 Å². The Labute approximate surface area is 224 Å². The second-order valence-electron chi connectivity index (χ2n) is 10.0. The van der Waals surface area contributed by atoms with Gasteiger partial charge in [-0.05, 0) is 87.2 Å². The van der Waals surface area contributed by atoms with Crippen molar-refractivity contribution in [3.63, 3.8) is 0 Å². The fourth-order valence-electron chi connectivity index (χ4n) is 5.43. The molecule has 0 radical (unpaired) electrons. The summed E-state index contributed by atoms with van der Waals surface area (Å²) in [5, 5.41) is 3.18. The summed E-state index contributed by atoms with van der Waals surface area (Å²) in [4.78, 5) is 22.7. The number of amides is 1. The van der Waals surface area contributed by atoms with Crippen LogP contribution < -0.4 is 15.1 Å². The number of carbonyl (C=O) groups is 1. The summed E-state index contributed by atoms with van der Waals surface area (Å²) >= 11 is 0. The zero-order valence-corrected chi connectivity index (χ0v) is 22.5. The van der Waals surface area contributed by atoms with Gasteiger partial charge >= 0.3 is 0 Å². The van der Waals surface area contributed by atoms with Crippen molar-refractivity contribution >= 4 is 34.3 Å². The Morgan fingerprint density at radius 3 is 2.50 bits per heavy atom. The molecule has 1 aliphatic heterocycles. The van der Waals surface area contributed by atoms with Gasteiger partial charge in [-0.1, -0.05) is 24.3 Å². The minimum absolute atomic E-state index is 0.0471. The fourth-order valence-corrected chi connectivity index (χ4v) is 5.43. The van der Waals surface area contributed by atoms with Crippen LogP contribution >= 0.6 is 0 Å². The third-order valence-electron chi connectivity index (χ3n) is 7.61. The van der Waals surface area contributed by atoms with Crippen LogP contribution in [0, 0.1) is 18.7 Å². The predicted octanol–water partition coefficient (Wildman–Crippen LogP) is 6.23. The van der Waals surface area contributed by atoms with E-state index in [4.69, 9.17) is 4.98 Å². The monoisotopic (exact) mass is 513 g/mol. The van der Waals surface area contributed by atoms with E-state index in [0.29, 0.717) is 6.54 Å². The second kappa shape index (κ2) is 11.3. The van der Waals surface area contributed by atoms with Crippen molar-refractivity contribution in [3.05, 3.63) is 83.7 Å². The van der Waals surface area contributed by atoms with E-state index in [-0.39, 0.29) is 17.6 Å². The molecule has 2 heterocycles. The molecule has 0 saturated carbocycles. The van der Waals surface area contributed by atoms with Crippen molar-refractivity contribution in [2.75, 3.05) is 41.3 Å². The van der Waals surface area contributed by atoms with Gasteiger partial charge in [-0.2, -0.15) is 0 Å². The molecule has 0 atom stereocenters. The number of anilines is 3. The zero-order valence-electron chi connectivity index (χ0n) is 22.5. The first-order valence-electron chi connectivity index (χ1n) is 13.6. The number of hydrogen-bond donors (Lipinski definition) is 1. The first-order valence-corrected chi connectivity index (χ1v) is 13.6. The zero-order chi connectivity index (χ0) is 26.6. The Kier molecular flexibility index (Phi) is 7.63. The van der Waals surface area contributed by atoms with Crippen LogP contribution in [0.1, 0.15) is 37.8 Å². The lowest BCUT2D eigenvalue weighted by Gasteiger charge is -2.32. The second-order valence-corrected chi connectivity index (χ2v) is 10.0. The van der Waals surface area contributed by atoms with E-state index in [9.17, 15) is 9.18 Å². The Morgan fingerprint density at radius 1 is 1.03 bits per heavy atom. The number of fused-ring (bicyclic) bond motifs is 1. The third-order valence-corrected chi connectivity index (χ3v) is 7.61. The van der Waals surface area contributed by atoms with Gasteiger partial charge in [0.15, 0.2) is 0 Å². The number of hydrogen-bond acceptors (Lipinski definition) is 4. The number of aromatic nitrogens is 2. The predicted molar refractivity (Wildman–Crippen MR) is 154 cm³/mol. The van der Waals surface area contributed by atoms with Crippen molar-refractivity contribution in [3.8, 4) is 0 Å². The van der Waals surface area contributed by atoms with E-state index in [1.807, 2.05) is 37.3 Å². The maximum atomic E-state index is 13.9. The van der Waals surface area contributed by atoms with Crippen molar-refractivity contribution in [2.24, 2.45) is 5.92 Å². The van der Waals surface area contributed by atoms with E-state index >= 15 is 0 Å². The molecule has 1 fully saturated rings. The van der Waals surface area contributed by atoms with Crippen LogP contribution in [0.4, 0.5) is 21.7 Å². The molecule has 6 nitrogen and oxygen atoms in total. The molecule has 198 valence electrons. The van der Waals surface area contributed by atoms with Gasteiger partial charge in [0.2, 0.25) is 11.9 Å². The standard InChI is InChI=1S/C31H36FN5O/c1-4-35(5-2)26-13-14-27(22(3)19-26)33-30(38)24-15-17-36(18-16-24)31-34-28-11-6-7-12-29(28)37(31)21-23-9-8-10-25(32)20-23/h6-14,19-20,24H,4-5,15-18,21H2,1-3H3,(H,33,38). The van der Waals surface area contributed by atoms with Gasteiger partial charge in [-0.15, -0.1) is 0 Å². The molecule has 0 bridgehead atoms. The highest BCUT2D eigenvalue weighted by Gasteiger charge is 2.28. The molecule has 4 aromatic rings. The molecule has 38 heavy (non-hydrogen) atoms. The molecule has 7 heteroatoms. The van der Waals surface area contributed by atoms with Crippen LogP contribution in [-0.2, 0) is 11.3 Å². The average molecular weight is 514 g/mol. The molecule has 0 aliphatic carbocycles. The lowest BCUT2D eigenvalue weighted by Crippen LogP contribution is -2.39. The molecular formula is C31H36FN5O. The van der Waals surface area contributed by atoms with E-state index in [0.717, 1.165) is 72.8 Å². The van der Waals surface area contributed by atoms with Crippen molar-refractivity contribution in [1.29, 1.82) is 0 Å². The topological polar surface area (TPSA) is 53.4 Å². The number of halogens is 1. The fraction of sp³-hybridized carbons (Fsp3) is 0.355. The first-order chi connectivity index (χ1) is 18.5. The summed E-state index contributed by atoms with van der Waals surface area (Å²) in [7, 11) is 0. The van der Waals surface area contributed by atoms with Gasteiger partial charge in [0.05, 0.1) is 17.6 Å². The van der Waals surface area contributed by atoms with Gasteiger partial charge in [0.25, 0.3) is 0 Å². The molecule has 5 rings (SSSR count). The van der Waals surface area contributed by atoms with E-state index < -0.39 is 0 Å². The number of piperidine rings is 1. The van der Waals surface area contributed by atoms with Crippen molar-refractivity contribution in [2.45, 2.75) is 40.2 Å². The van der Waals surface area contributed by atoms with Crippen LogP contribution in [0.3, 0.4) is 0 Å². The Balaban J connectivity index is 1.28. The number of rotatable bonds is 8. The maximum Gasteiger partial charge on any atom is 0.227 e. The largest absolute Gasteiger partial charge is 0.372 e. The van der Waals surface area contributed by atoms with E-state index in [2.05, 4.69) is 51.7 Å². The number of aryl methyl sites for hydroxylation is 1. The van der Waals surface area contributed by atoms with E-state index in [1.165, 1.54) is 11.8 Å². The number of para-hydroxylation sites is 2. The van der Waals surface area contributed by atoms with Crippen LogP contribution in [0.5, 0.6) is 0 Å². The Morgan fingerprint density at radius 2 is 1.79 bits per heavy atom. The number of carbonyl (C=O) groups excluding carboxylic acids is 1. The van der Waals surface area contributed by atoms with Crippen LogP contribution in [-0.4, -0.2) is 41.6 Å². The van der Waals surface area contributed by atoms with Crippen molar-refractivity contribution in [1.82, 2.24) is 9.55 Å². The smallest absolute Gasteiger partial charge is 0.227 e. The summed E-state index contributed by atoms with van der Waals surface area (Å²) < 4.78 is 16.0. The molecule has 1 amide bonds. The highest BCUT2D eigenvalue weighted by molar-refractivity contribution is 5.93. The first kappa shape index (κ1) is 25.8. The maximum absolute atomic E-state index is 13.9. The number of nitrogens with one attached hydrogen (secondary N) is 1. The molecule has 0 spiro atoms. The normalized spacial score (nSPS) is 14.2. The number of imidazole rings is 1. The molecule has 1 aliphatic rings. The van der Waals surface area contributed by atoms with Gasteiger partial charge < -0.3 is 19.7 Å². The minimum Gasteiger partial charge on any atom is -0.372 e. The van der Waals surface area contributed by atoms with Gasteiger partial charge in [-0.3, -0.25) is 4.79 Å². The molecule has 0 unspecified atom stereocenters. The summed E-state index contributed by atoms with van der Waals surface area (Å²) in [6.07, 6.45) is 1.51. The molecule has 1 aromatic heterocycles. The summed E-state index contributed by atoms with van der Waals surface area (Å²) in [5.74, 6) is 0.668. The van der Waals surface area contributed by atoms with Gasteiger partial charge in [-0.25, -0.2) is 9.37 Å². The quantitative estimate of drug-likeness (QED) is 0.303. The lowest BCUT2D eigenvalue weighted by molar-refractivity contribution is -0.120. The average Bonchev–Trinajstić information content (AvgIpc) is 3.29. The Hall–Kier alpha value is -3.87. The third kappa shape index (κ3) is 5.37. The SMILES string of the molecule is CCN(CC)c1ccc(NC(=O)C2CCN(c3nc4ccccc4n3Cc3cccc(F)c3)CC2)c(C)c1. The Bertz CT molecular complexity index is 1420. The highest BCUT2D eigenvalue weighted by Crippen LogP contribution is 2.29. The van der Waals surface area contributed by atoms with Crippen LogP contribution in [0.15, 0.2) is 66.7 Å². The van der Waals surface area contributed by atoms with E-state index in [1.54, 1.807) is 12.1 Å². The number of benzene rings is 3. The molecular weight excluding hydrogens is 477 g/mol. The van der Waals surface area contributed by atoms with Gasteiger partial charge in [0, 0.05) is 43.5 Å². The molecule has 1 saturated heterocycles. The molecule has 3 aromatic carbocycles.